The summed E-state index contributed by atoms with van der Waals surface area (Å²) in [6.07, 6.45) is 5.17. The average molecular weight is 140 g/mol. The van der Waals surface area contributed by atoms with Crippen molar-refractivity contribution in [2.75, 3.05) is 0 Å². The molecule has 1 heteroatoms. The van der Waals surface area contributed by atoms with Gasteiger partial charge in [0.1, 0.15) is 0 Å². The van der Waals surface area contributed by atoms with Crippen LogP contribution in [0.1, 0.15) is 33.1 Å². The monoisotopic (exact) mass is 140 g/mol. The zero-order valence-electron chi connectivity index (χ0n) is 6.80. The van der Waals surface area contributed by atoms with E-state index >= 15 is 0 Å². The van der Waals surface area contributed by atoms with Gasteiger partial charge >= 0.3 is 0 Å². The van der Waals surface area contributed by atoms with Gasteiger partial charge in [-0.25, -0.2) is 0 Å². The summed E-state index contributed by atoms with van der Waals surface area (Å²) in [5.74, 6) is 0.672. The third-order valence-corrected chi connectivity index (χ3v) is 2.24. The summed E-state index contributed by atoms with van der Waals surface area (Å²) in [6.45, 7) is 4.29. The summed E-state index contributed by atoms with van der Waals surface area (Å²) in [5.41, 5.74) is 1.23. The van der Waals surface area contributed by atoms with Crippen molar-refractivity contribution in [1.82, 2.24) is 0 Å². The molecule has 58 valence electrons. The minimum Gasteiger partial charge on any atom is -0.389 e. The predicted octanol–water partition coefficient (Wildman–Crippen LogP) is 2.11. The molecular formula is C9H16O. The highest BCUT2D eigenvalue weighted by Crippen LogP contribution is 2.24. The molecule has 1 N–H and O–H groups in total. The fourth-order valence-electron chi connectivity index (χ4n) is 1.50. The predicted molar refractivity (Wildman–Crippen MR) is 42.8 cm³/mol. The summed E-state index contributed by atoms with van der Waals surface area (Å²) in [6, 6.07) is 0. The van der Waals surface area contributed by atoms with E-state index < -0.39 is 0 Å². The third kappa shape index (κ3) is 1.60. The molecule has 0 aliphatic heterocycles. The standard InChI is InChI=1S/C9H16O/c1-3-8-5-4-7(2)6-9(8)10/h5,7,9-10H,3-4,6H2,1-2H3. The zero-order chi connectivity index (χ0) is 7.56. The van der Waals surface area contributed by atoms with Crippen LogP contribution in [-0.2, 0) is 0 Å². The van der Waals surface area contributed by atoms with Crippen LogP contribution in [0.5, 0.6) is 0 Å². The van der Waals surface area contributed by atoms with Crippen LogP contribution in [0.3, 0.4) is 0 Å². The lowest BCUT2D eigenvalue weighted by Crippen LogP contribution is -2.18. The Kier molecular flexibility index (Phi) is 2.50. The maximum atomic E-state index is 9.47. The number of aliphatic hydroxyl groups is 1. The maximum Gasteiger partial charge on any atom is 0.0752 e. The second kappa shape index (κ2) is 3.20. The van der Waals surface area contributed by atoms with Gasteiger partial charge in [0.05, 0.1) is 6.10 Å². The number of hydrogen-bond donors (Lipinski definition) is 1. The van der Waals surface area contributed by atoms with E-state index in [9.17, 15) is 5.11 Å². The number of rotatable bonds is 1. The summed E-state index contributed by atoms with van der Waals surface area (Å²) >= 11 is 0. The van der Waals surface area contributed by atoms with Gasteiger partial charge in [-0.1, -0.05) is 19.9 Å². The van der Waals surface area contributed by atoms with Crippen LogP contribution in [0, 0.1) is 5.92 Å². The van der Waals surface area contributed by atoms with Crippen LogP contribution in [0.2, 0.25) is 0 Å². The first-order valence-electron chi connectivity index (χ1n) is 4.11. The van der Waals surface area contributed by atoms with Crippen molar-refractivity contribution in [2.24, 2.45) is 5.92 Å². The van der Waals surface area contributed by atoms with Crippen molar-refractivity contribution in [2.45, 2.75) is 39.2 Å². The Morgan fingerprint density at radius 1 is 1.70 bits per heavy atom. The second-order valence-corrected chi connectivity index (χ2v) is 3.22. The zero-order valence-corrected chi connectivity index (χ0v) is 6.80. The van der Waals surface area contributed by atoms with E-state index in [0.29, 0.717) is 5.92 Å². The minimum absolute atomic E-state index is 0.145. The molecule has 1 rings (SSSR count). The lowest BCUT2D eigenvalue weighted by molar-refractivity contribution is 0.167. The molecule has 2 unspecified atom stereocenters. The van der Waals surface area contributed by atoms with Crippen molar-refractivity contribution >= 4 is 0 Å². The van der Waals surface area contributed by atoms with Crippen molar-refractivity contribution < 1.29 is 5.11 Å². The van der Waals surface area contributed by atoms with Gasteiger partial charge in [-0.3, -0.25) is 0 Å². The molecule has 0 saturated heterocycles. The van der Waals surface area contributed by atoms with Gasteiger partial charge in [0.2, 0.25) is 0 Å². The largest absolute Gasteiger partial charge is 0.389 e. The average Bonchev–Trinajstić information content (AvgIpc) is 1.88. The first-order valence-corrected chi connectivity index (χ1v) is 4.11. The van der Waals surface area contributed by atoms with Crippen LogP contribution >= 0.6 is 0 Å². The molecular weight excluding hydrogens is 124 g/mol. The Morgan fingerprint density at radius 3 is 2.90 bits per heavy atom. The topological polar surface area (TPSA) is 20.2 Å². The van der Waals surface area contributed by atoms with Crippen molar-refractivity contribution in [3.63, 3.8) is 0 Å². The Hall–Kier alpha value is -0.300. The fourth-order valence-corrected chi connectivity index (χ4v) is 1.50. The maximum absolute atomic E-state index is 9.47. The van der Waals surface area contributed by atoms with Gasteiger partial charge in [-0.15, -0.1) is 0 Å². The lowest BCUT2D eigenvalue weighted by Gasteiger charge is -2.23. The van der Waals surface area contributed by atoms with E-state index in [0.717, 1.165) is 19.3 Å². The highest BCUT2D eigenvalue weighted by Gasteiger charge is 2.17. The van der Waals surface area contributed by atoms with Crippen LogP contribution in [0.25, 0.3) is 0 Å². The van der Waals surface area contributed by atoms with E-state index in [1.54, 1.807) is 0 Å². The van der Waals surface area contributed by atoms with Crippen molar-refractivity contribution in [1.29, 1.82) is 0 Å². The SMILES string of the molecule is CCC1=CCC(C)CC1O. The summed E-state index contributed by atoms with van der Waals surface area (Å²) in [7, 11) is 0. The summed E-state index contributed by atoms with van der Waals surface area (Å²) in [5, 5.41) is 9.47. The van der Waals surface area contributed by atoms with Gasteiger partial charge < -0.3 is 5.11 Å². The highest BCUT2D eigenvalue weighted by atomic mass is 16.3. The van der Waals surface area contributed by atoms with E-state index in [2.05, 4.69) is 19.9 Å². The molecule has 0 fully saturated rings. The molecule has 0 bridgehead atoms. The van der Waals surface area contributed by atoms with E-state index in [4.69, 9.17) is 0 Å². The number of aliphatic hydroxyl groups excluding tert-OH is 1. The molecule has 0 aromatic carbocycles. The van der Waals surface area contributed by atoms with Crippen LogP contribution < -0.4 is 0 Å². The molecule has 0 amide bonds. The van der Waals surface area contributed by atoms with Crippen LogP contribution in [0.15, 0.2) is 11.6 Å². The first-order chi connectivity index (χ1) is 4.74. The van der Waals surface area contributed by atoms with Gasteiger partial charge in [0, 0.05) is 0 Å². The normalized spacial score (nSPS) is 33.7. The number of allylic oxidation sites excluding steroid dienone is 1. The van der Waals surface area contributed by atoms with Gasteiger partial charge in [0.25, 0.3) is 0 Å². The summed E-state index contributed by atoms with van der Waals surface area (Å²) in [4.78, 5) is 0. The molecule has 10 heavy (non-hydrogen) atoms. The third-order valence-electron chi connectivity index (χ3n) is 2.24. The Bertz CT molecular complexity index is 138. The smallest absolute Gasteiger partial charge is 0.0752 e. The molecule has 0 aromatic rings. The van der Waals surface area contributed by atoms with Gasteiger partial charge in [0.15, 0.2) is 0 Å². The van der Waals surface area contributed by atoms with Crippen LogP contribution in [0.4, 0.5) is 0 Å². The molecule has 1 aliphatic rings. The van der Waals surface area contributed by atoms with Crippen LogP contribution in [-0.4, -0.2) is 11.2 Å². The molecule has 0 aromatic heterocycles. The Labute approximate surface area is 62.8 Å². The van der Waals surface area contributed by atoms with Crippen molar-refractivity contribution in [3.05, 3.63) is 11.6 Å². The van der Waals surface area contributed by atoms with E-state index in [-0.39, 0.29) is 6.10 Å². The Morgan fingerprint density at radius 2 is 2.40 bits per heavy atom. The molecule has 0 saturated carbocycles. The molecule has 1 aliphatic carbocycles. The molecule has 0 spiro atoms. The molecule has 0 radical (unpaired) electrons. The lowest BCUT2D eigenvalue weighted by atomic mass is 9.88. The summed E-state index contributed by atoms with van der Waals surface area (Å²) < 4.78 is 0. The number of hydrogen-bond acceptors (Lipinski definition) is 1. The molecule has 0 heterocycles. The minimum atomic E-state index is -0.145. The Balaban J connectivity index is 2.57. The van der Waals surface area contributed by atoms with Gasteiger partial charge in [-0.05, 0) is 30.8 Å². The highest BCUT2D eigenvalue weighted by molar-refractivity contribution is 5.11. The fraction of sp³-hybridized carbons (Fsp3) is 0.778. The van der Waals surface area contributed by atoms with Gasteiger partial charge in [-0.2, -0.15) is 0 Å². The second-order valence-electron chi connectivity index (χ2n) is 3.22. The molecule has 1 nitrogen and oxygen atoms in total. The quantitative estimate of drug-likeness (QED) is 0.553. The van der Waals surface area contributed by atoms with E-state index in [1.165, 1.54) is 5.57 Å². The first kappa shape index (κ1) is 7.80. The van der Waals surface area contributed by atoms with E-state index in [1.807, 2.05) is 0 Å². The van der Waals surface area contributed by atoms with Crippen molar-refractivity contribution in [3.8, 4) is 0 Å². The molecule has 2 atom stereocenters.